The Labute approximate surface area is 193 Å². The minimum atomic E-state index is -4.42. The fourth-order valence-electron chi connectivity index (χ4n) is 4.54. The normalized spacial score (nSPS) is 15.7. The molecule has 0 aliphatic heterocycles. The van der Waals surface area contributed by atoms with E-state index in [2.05, 4.69) is 5.32 Å². The first kappa shape index (κ1) is 23.8. The molecule has 1 heterocycles. The molecule has 1 atom stereocenters. The molecule has 0 saturated carbocycles. The number of esters is 1. The Balaban J connectivity index is 1.49. The van der Waals surface area contributed by atoms with Crippen LogP contribution in [0.1, 0.15) is 35.7 Å². The van der Waals surface area contributed by atoms with Gasteiger partial charge in [-0.05, 0) is 67.6 Å². The standard InChI is InChI=1S/C25H24F4N2O3/c1-2-34-24(33)14-31-21-9-7-17(26)12-19(21)20-13-18(8-10-22(20)31)30-23(32)11-15-3-5-16(6-4-15)25(27,28)29/h3-7,9,12,18H,2,8,10-11,13-14H2,1H3,(H,30,32)/t18-/m1/s1. The number of carbonyl (C=O) groups is 2. The first-order chi connectivity index (χ1) is 16.2. The van der Waals surface area contributed by atoms with Crippen LogP contribution in [0.2, 0.25) is 0 Å². The van der Waals surface area contributed by atoms with E-state index in [0.717, 1.165) is 28.9 Å². The van der Waals surface area contributed by atoms with E-state index < -0.39 is 17.6 Å². The molecule has 0 fully saturated rings. The largest absolute Gasteiger partial charge is 0.465 e. The maximum absolute atomic E-state index is 14.0. The third-order valence-corrected chi connectivity index (χ3v) is 6.03. The minimum absolute atomic E-state index is 0.0241. The van der Waals surface area contributed by atoms with Crippen molar-refractivity contribution in [2.75, 3.05) is 6.61 Å². The van der Waals surface area contributed by atoms with Crippen molar-refractivity contribution in [3.8, 4) is 0 Å². The number of aromatic nitrogens is 1. The topological polar surface area (TPSA) is 60.3 Å². The number of benzene rings is 2. The third-order valence-electron chi connectivity index (χ3n) is 6.03. The number of nitrogens with one attached hydrogen (secondary N) is 1. The lowest BCUT2D eigenvalue weighted by Crippen LogP contribution is -2.39. The van der Waals surface area contributed by atoms with Gasteiger partial charge in [0.15, 0.2) is 0 Å². The first-order valence-electron chi connectivity index (χ1n) is 11.1. The lowest BCUT2D eigenvalue weighted by atomic mass is 9.91. The third kappa shape index (κ3) is 5.08. The molecule has 0 saturated heterocycles. The average molecular weight is 476 g/mol. The molecule has 0 spiro atoms. The van der Waals surface area contributed by atoms with Crippen molar-refractivity contribution < 1.29 is 31.9 Å². The molecule has 2 aromatic carbocycles. The minimum Gasteiger partial charge on any atom is -0.465 e. The van der Waals surface area contributed by atoms with Crippen molar-refractivity contribution >= 4 is 22.8 Å². The van der Waals surface area contributed by atoms with Crippen LogP contribution in [0.15, 0.2) is 42.5 Å². The highest BCUT2D eigenvalue weighted by molar-refractivity contribution is 5.88. The van der Waals surface area contributed by atoms with E-state index in [9.17, 15) is 27.2 Å². The summed E-state index contributed by atoms with van der Waals surface area (Å²) < 4.78 is 59.1. The van der Waals surface area contributed by atoms with Crippen LogP contribution in [0, 0.1) is 5.82 Å². The maximum Gasteiger partial charge on any atom is 0.416 e. The zero-order valence-electron chi connectivity index (χ0n) is 18.5. The lowest BCUT2D eigenvalue weighted by molar-refractivity contribution is -0.143. The maximum atomic E-state index is 14.0. The van der Waals surface area contributed by atoms with E-state index in [1.165, 1.54) is 24.3 Å². The van der Waals surface area contributed by atoms with E-state index in [-0.39, 0.29) is 37.5 Å². The lowest BCUT2D eigenvalue weighted by Gasteiger charge is -2.25. The van der Waals surface area contributed by atoms with Crippen molar-refractivity contribution in [2.24, 2.45) is 0 Å². The van der Waals surface area contributed by atoms with Gasteiger partial charge >= 0.3 is 12.1 Å². The summed E-state index contributed by atoms with van der Waals surface area (Å²) in [4.78, 5) is 24.7. The molecule has 3 aromatic rings. The summed E-state index contributed by atoms with van der Waals surface area (Å²) in [6.07, 6.45) is -2.80. The van der Waals surface area contributed by atoms with Gasteiger partial charge in [0.25, 0.3) is 0 Å². The van der Waals surface area contributed by atoms with Crippen LogP contribution < -0.4 is 5.32 Å². The number of rotatable bonds is 6. The summed E-state index contributed by atoms with van der Waals surface area (Å²) in [7, 11) is 0. The molecule has 0 bridgehead atoms. The number of halogens is 4. The smallest absolute Gasteiger partial charge is 0.416 e. The van der Waals surface area contributed by atoms with Crippen LogP contribution in [0.25, 0.3) is 10.9 Å². The molecule has 4 rings (SSSR count). The predicted molar refractivity (Wildman–Crippen MR) is 118 cm³/mol. The monoisotopic (exact) mass is 476 g/mol. The van der Waals surface area contributed by atoms with E-state index in [1.807, 2.05) is 4.57 Å². The van der Waals surface area contributed by atoms with Gasteiger partial charge in [0, 0.05) is 22.6 Å². The fourth-order valence-corrected chi connectivity index (χ4v) is 4.54. The molecule has 1 amide bonds. The zero-order chi connectivity index (χ0) is 24.5. The molecule has 1 N–H and O–H groups in total. The van der Waals surface area contributed by atoms with Crippen LogP contribution in [0.4, 0.5) is 17.6 Å². The van der Waals surface area contributed by atoms with E-state index in [0.29, 0.717) is 30.2 Å². The Morgan fingerprint density at radius 3 is 2.56 bits per heavy atom. The highest BCUT2D eigenvalue weighted by atomic mass is 19.4. The van der Waals surface area contributed by atoms with Gasteiger partial charge < -0.3 is 14.6 Å². The van der Waals surface area contributed by atoms with Crippen molar-refractivity contribution in [1.82, 2.24) is 9.88 Å². The Hall–Kier alpha value is -3.36. The van der Waals surface area contributed by atoms with E-state index >= 15 is 0 Å². The summed E-state index contributed by atoms with van der Waals surface area (Å²) in [6.45, 7) is 2.02. The van der Waals surface area contributed by atoms with Crippen LogP contribution in [-0.4, -0.2) is 29.1 Å². The average Bonchev–Trinajstić information content (AvgIpc) is 3.06. The van der Waals surface area contributed by atoms with Crippen molar-refractivity contribution in [1.29, 1.82) is 0 Å². The number of hydrogen-bond acceptors (Lipinski definition) is 3. The van der Waals surface area contributed by atoms with Crippen LogP contribution in [0.5, 0.6) is 0 Å². The number of ether oxygens (including phenoxy) is 1. The van der Waals surface area contributed by atoms with Crippen LogP contribution in [-0.2, 0) is 46.3 Å². The summed E-state index contributed by atoms with van der Waals surface area (Å²) >= 11 is 0. The highest BCUT2D eigenvalue weighted by Crippen LogP contribution is 2.33. The highest BCUT2D eigenvalue weighted by Gasteiger charge is 2.30. The number of carbonyl (C=O) groups excluding carboxylic acids is 2. The Bertz CT molecular complexity index is 1220. The van der Waals surface area contributed by atoms with Crippen LogP contribution in [0.3, 0.4) is 0 Å². The molecule has 180 valence electrons. The molecule has 34 heavy (non-hydrogen) atoms. The summed E-state index contributed by atoms with van der Waals surface area (Å²) in [5.74, 6) is -1.06. The molecule has 5 nitrogen and oxygen atoms in total. The Morgan fingerprint density at radius 2 is 1.88 bits per heavy atom. The SMILES string of the molecule is CCOC(=O)Cn1c2c(c3cc(F)ccc31)C[C@H](NC(=O)Cc1ccc(C(F)(F)F)cc1)CC2. The molecule has 1 aliphatic rings. The molecule has 1 aromatic heterocycles. The van der Waals surface area contributed by atoms with Gasteiger partial charge in [-0.1, -0.05) is 12.1 Å². The van der Waals surface area contributed by atoms with Crippen LogP contribution >= 0.6 is 0 Å². The first-order valence-corrected chi connectivity index (χ1v) is 11.1. The van der Waals surface area contributed by atoms with Crippen molar-refractivity contribution in [2.45, 2.75) is 51.4 Å². The molecular formula is C25H24F4N2O3. The van der Waals surface area contributed by atoms with Gasteiger partial charge in [-0.2, -0.15) is 13.2 Å². The molecule has 0 unspecified atom stereocenters. The molecule has 9 heteroatoms. The Morgan fingerprint density at radius 1 is 1.15 bits per heavy atom. The zero-order valence-corrected chi connectivity index (χ0v) is 18.5. The van der Waals surface area contributed by atoms with Crippen molar-refractivity contribution in [3.05, 3.63) is 70.7 Å². The number of alkyl halides is 3. The number of amides is 1. The second-order valence-electron chi connectivity index (χ2n) is 8.36. The van der Waals surface area contributed by atoms with Crippen molar-refractivity contribution in [3.63, 3.8) is 0 Å². The summed E-state index contributed by atoms with van der Waals surface area (Å²) in [6, 6.07) is 8.73. The fraction of sp³-hybridized carbons (Fsp3) is 0.360. The van der Waals surface area contributed by atoms with Gasteiger partial charge in [-0.15, -0.1) is 0 Å². The van der Waals surface area contributed by atoms with Gasteiger partial charge in [0.1, 0.15) is 12.4 Å². The number of fused-ring (bicyclic) bond motifs is 3. The van der Waals surface area contributed by atoms with E-state index in [1.54, 1.807) is 13.0 Å². The van der Waals surface area contributed by atoms with Gasteiger partial charge in [-0.3, -0.25) is 9.59 Å². The predicted octanol–water partition coefficient (Wildman–Crippen LogP) is 4.58. The summed E-state index contributed by atoms with van der Waals surface area (Å²) in [5.41, 5.74) is 2.25. The van der Waals surface area contributed by atoms with Gasteiger partial charge in [0.05, 0.1) is 18.6 Å². The quantitative estimate of drug-likeness (QED) is 0.419. The second kappa shape index (κ2) is 9.48. The number of hydrogen-bond donors (Lipinski definition) is 1. The molecular weight excluding hydrogens is 452 g/mol. The summed E-state index contributed by atoms with van der Waals surface area (Å²) in [5, 5.41) is 3.64. The molecule has 1 aliphatic carbocycles. The van der Waals surface area contributed by atoms with Gasteiger partial charge in [-0.25, -0.2) is 4.39 Å². The second-order valence-corrected chi connectivity index (χ2v) is 8.36. The van der Waals surface area contributed by atoms with E-state index in [4.69, 9.17) is 4.74 Å². The molecule has 0 radical (unpaired) electrons. The Kier molecular flexibility index (Phi) is 6.63. The van der Waals surface area contributed by atoms with Gasteiger partial charge in [0.2, 0.25) is 5.91 Å². The number of nitrogens with zero attached hydrogens (tertiary/aromatic N) is 1.